The Morgan fingerprint density at radius 2 is 1.76 bits per heavy atom. The van der Waals surface area contributed by atoms with Gasteiger partial charge in [0.25, 0.3) is 5.91 Å². The van der Waals surface area contributed by atoms with Gasteiger partial charge in [0.2, 0.25) is 5.91 Å². The molecule has 2 N–H and O–H groups in total. The molecular formula is C19H18N2O4. The Kier molecular flexibility index (Phi) is 4.52. The number of anilines is 2. The van der Waals surface area contributed by atoms with Gasteiger partial charge in [-0.15, -0.1) is 0 Å². The number of hydrogen-bond acceptors (Lipinski definition) is 4. The van der Waals surface area contributed by atoms with E-state index in [0.717, 1.165) is 12.0 Å². The van der Waals surface area contributed by atoms with Crippen molar-refractivity contribution in [3.8, 4) is 0 Å². The molecule has 1 aliphatic rings. The van der Waals surface area contributed by atoms with Crippen molar-refractivity contribution in [2.24, 2.45) is 0 Å². The van der Waals surface area contributed by atoms with Gasteiger partial charge in [-0.3, -0.25) is 9.59 Å². The van der Waals surface area contributed by atoms with Gasteiger partial charge in [-0.2, -0.15) is 0 Å². The summed E-state index contributed by atoms with van der Waals surface area (Å²) in [6, 6.07) is 12.8. The summed E-state index contributed by atoms with van der Waals surface area (Å²) in [5.74, 6) is -1.58. The zero-order valence-electron chi connectivity index (χ0n) is 13.7. The highest BCUT2D eigenvalue weighted by Crippen LogP contribution is 2.25. The molecule has 128 valence electrons. The van der Waals surface area contributed by atoms with Crippen LogP contribution in [0.2, 0.25) is 0 Å². The van der Waals surface area contributed by atoms with Crippen LogP contribution in [0.1, 0.15) is 29.3 Å². The molecule has 0 spiro atoms. The number of rotatable bonds is 5. The number of nitrogens with zero attached hydrogens (tertiary/aromatic N) is 1. The summed E-state index contributed by atoms with van der Waals surface area (Å²) in [7, 11) is 0. The second kappa shape index (κ2) is 6.76. The Morgan fingerprint density at radius 1 is 1.12 bits per heavy atom. The minimum atomic E-state index is -1.01. The quantitative estimate of drug-likeness (QED) is 0.819. The minimum Gasteiger partial charge on any atom is -0.478 e. The normalized spacial score (nSPS) is 17.0. The first-order valence-electron chi connectivity index (χ1n) is 8.05. The lowest BCUT2D eigenvalue weighted by molar-refractivity contribution is -0.121. The van der Waals surface area contributed by atoms with Crippen molar-refractivity contribution in [2.45, 2.75) is 25.8 Å². The molecule has 3 rings (SSSR count). The zero-order valence-corrected chi connectivity index (χ0v) is 13.7. The van der Waals surface area contributed by atoms with Crippen LogP contribution in [0.15, 0.2) is 48.5 Å². The first kappa shape index (κ1) is 16.7. The molecular weight excluding hydrogens is 320 g/mol. The van der Waals surface area contributed by atoms with Crippen molar-refractivity contribution in [3.05, 3.63) is 59.7 Å². The number of carboxylic acid groups (broad SMARTS) is 1. The zero-order chi connectivity index (χ0) is 18.0. The fourth-order valence-corrected chi connectivity index (χ4v) is 2.81. The predicted octanol–water partition coefficient (Wildman–Crippen LogP) is 2.69. The molecule has 2 amide bonds. The maximum atomic E-state index is 12.6. The van der Waals surface area contributed by atoms with Crippen molar-refractivity contribution in [3.63, 3.8) is 0 Å². The number of carboxylic acids is 1. The highest BCUT2D eigenvalue weighted by molar-refractivity contribution is 6.23. The monoisotopic (exact) mass is 338 g/mol. The molecule has 1 aliphatic heterocycles. The molecule has 0 radical (unpaired) electrons. The van der Waals surface area contributed by atoms with Gasteiger partial charge in [0.05, 0.1) is 17.7 Å². The van der Waals surface area contributed by atoms with Gasteiger partial charge < -0.3 is 10.4 Å². The van der Waals surface area contributed by atoms with Crippen LogP contribution in [0.4, 0.5) is 11.4 Å². The lowest BCUT2D eigenvalue weighted by Gasteiger charge is -2.16. The van der Waals surface area contributed by atoms with E-state index < -0.39 is 12.0 Å². The maximum Gasteiger partial charge on any atom is 0.335 e. The SMILES string of the molecule is CCc1ccc(N2C(=O)CC(Nc3ccc(C(=O)O)cc3)C2=O)cc1. The number of imide groups is 1. The molecule has 25 heavy (non-hydrogen) atoms. The number of nitrogens with one attached hydrogen (secondary N) is 1. The summed E-state index contributed by atoms with van der Waals surface area (Å²) in [5.41, 5.74) is 2.46. The van der Waals surface area contributed by atoms with Crippen LogP contribution in [-0.2, 0) is 16.0 Å². The number of aromatic carboxylic acids is 1. The number of carbonyl (C=O) groups is 3. The van der Waals surface area contributed by atoms with Crippen molar-refractivity contribution < 1.29 is 19.5 Å². The van der Waals surface area contributed by atoms with Crippen LogP contribution in [0, 0.1) is 0 Å². The third-order valence-corrected chi connectivity index (χ3v) is 4.22. The van der Waals surface area contributed by atoms with E-state index in [2.05, 4.69) is 5.32 Å². The van der Waals surface area contributed by atoms with Gasteiger partial charge in [-0.05, 0) is 48.4 Å². The molecule has 1 fully saturated rings. The molecule has 1 atom stereocenters. The summed E-state index contributed by atoms with van der Waals surface area (Å²) in [6.07, 6.45) is 0.952. The topological polar surface area (TPSA) is 86.7 Å². The summed E-state index contributed by atoms with van der Waals surface area (Å²) in [5, 5.41) is 11.9. The number of amides is 2. The van der Waals surface area contributed by atoms with Crippen LogP contribution < -0.4 is 10.2 Å². The predicted molar refractivity (Wildman–Crippen MR) is 93.7 cm³/mol. The molecule has 2 aromatic carbocycles. The molecule has 1 saturated heterocycles. The van der Waals surface area contributed by atoms with Crippen molar-refractivity contribution in [1.82, 2.24) is 0 Å². The summed E-state index contributed by atoms with van der Waals surface area (Å²) < 4.78 is 0. The third-order valence-electron chi connectivity index (χ3n) is 4.22. The fraction of sp³-hybridized carbons (Fsp3) is 0.211. The van der Waals surface area contributed by atoms with Crippen LogP contribution in [0.25, 0.3) is 0 Å². The van der Waals surface area contributed by atoms with Gasteiger partial charge in [0, 0.05) is 5.69 Å². The van der Waals surface area contributed by atoms with E-state index in [4.69, 9.17) is 5.11 Å². The molecule has 0 aromatic heterocycles. The smallest absolute Gasteiger partial charge is 0.335 e. The molecule has 1 unspecified atom stereocenters. The van der Waals surface area contributed by atoms with E-state index in [9.17, 15) is 14.4 Å². The highest BCUT2D eigenvalue weighted by atomic mass is 16.4. The molecule has 6 heteroatoms. The Morgan fingerprint density at radius 3 is 2.32 bits per heavy atom. The van der Waals surface area contributed by atoms with E-state index in [1.165, 1.54) is 17.0 Å². The van der Waals surface area contributed by atoms with Gasteiger partial charge in [0.15, 0.2) is 0 Å². The molecule has 2 aromatic rings. The largest absolute Gasteiger partial charge is 0.478 e. The lowest BCUT2D eigenvalue weighted by Crippen LogP contribution is -2.34. The minimum absolute atomic E-state index is 0.0645. The summed E-state index contributed by atoms with van der Waals surface area (Å²) in [6.45, 7) is 2.04. The fourth-order valence-electron chi connectivity index (χ4n) is 2.81. The van der Waals surface area contributed by atoms with Crippen molar-refractivity contribution in [2.75, 3.05) is 10.2 Å². The molecule has 0 aliphatic carbocycles. The van der Waals surface area contributed by atoms with E-state index in [1.807, 2.05) is 19.1 Å². The first-order chi connectivity index (χ1) is 12.0. The number of carbonyl (C=O) groups excluding carboxylic acids is 2. The van der Waals surface area contributed by atoms with Crippen LogP contribution in [0.5, 0.6) is 0 Å². The molecule has 6 nitrogen and oxygen atoms in total. The van der Waals surface area contributed by atoms with Crippen molar-refractivity contribution in [1.29, 1.82) is 0 Å². The van der Waals surface area contributed by atoms with Gasteiger partial charge in [-0.1, -0.05) is 19.1 Å². The Labute approximate surface area is 145 Å². The molecule has 0 saturated carbocycles. The number of benzene rings is 2. The van der Waals surface area contributed by atoms with Gasteiger partial charge in [0.1, 0.15) is 6.04 Å². The standard InChI is InChI=1S/C19H18N2O4/c1-2-12-3-9-15(10-4-12)21-17(22)11-16(18(21)23)20-14-7-5-13(6-8-14)19(24)25/h3-10,16,20H,2,11H2,1H3,(H,24,25). The molecule has 1 heterocycles. The average molecular weight is 338 g/mol. The maximum absolute atomic E-state index is 12.6. The first-order valence-corrected chi connectivity index (χ1v) is 8.05. The van der Waals surface area contributed by atoms with E-state index in [1.54, 1.807) is 24.3 Å². The van der Waals surface area contributed by atoms with E-state index in [0.29, 0.717) is 11.4 Å². The number of aryl methyl sites for hydroxylation is 1. The average Bonchev–Trinajstić information content (AvgIpc) is 2.89. The van der Waals surface area contributed by atoms with Crippen LogP contribution >= 0.6 is 0 Å². The molecule has 0 bridgehead atoms. The van der Waals surface area contributed by atoms with Crippen molar-refractivity contribution >= 4 is 29.2 Å². The van der Waals surface area contributed by atoms with E-state index in [-0.39, 0.29) is 23.8 Å². The Bertz CT molecular complexity index is 812. The highest BCUT2D eigenvalue weighted by Gasteiger charge is 2.39. The van der Waals surface area contributed by atoms with Crippen LogP contribution in [0.3, 0.4) is 0 Å². The number of hydrogen-bond donors (Lipinski definition) is 2. The second-order valence-electron chi connectivity index (χ2n) is 5.87. The van der Waals surface area contributed by atoms with Gasteiger partial charge >= 0.3 is 5.97 Å². The second-order valence-corrected chi connectivity index (χ2v) is 5.87. The lowest BCUT2D eigenvalue weighted by atomic mass is 10.1. The van der Waals surface area contributed by atoms with E-state index >= 15 is 0 Å². The summed E-state index contributed by atoms with van der Waals surface area (Å²) in [4.78, 5) is 36.9. The summed E-state index contributed by atoms with van der Waals surface area (Å²) >= 11 is 0. The third kappa shape index (κ3) is 3.38. The Balaban J connectivity index is 1.75. The Hall–Kier alpha value is -3.15. The van der Waals surface area contributed by atoms with Crippen LogP contribution in [-0.4, -0.2) is 28.9 Å². The van der Waals surface area contributed by atoms with Gasteiger partial charge in [-0.25, -0.2) is 9.69 Å².